The van der Waals surface area contributed by atoms with Crippen LogP contribution < -0.4 is 5.32 Å². The topological polar surface area (TPSA) is 12.0 Å². The highest BCUT2D eigenvalue weighted by molar-refractivity contribution is 5.20. The van der Waals surface area contributed by atoms with Crippen molar-refractivity contribution in [1.82, 2.24) is 5.32 Å². The minimum absolute atomic E-state index is 0.0227. The van der Waals surface area contributed by atoms with Crippen LogP contribution >= 0.6 is 0 Å². The van der Waals surface area contributed by atoms with Crippen molar-refractivity contribution in [3.63, 3.8) is 0 Å². The minimum Gasteiger partial charge on any atom is -0.306 e. The largest absolute Gasteiger partial charge is 0.306 e. The van der Waals surface area contributed by atoms with E-state index in [0.29, 0.717) is 5.56 Å². The Morgan fingerprint density at radius 2 is 2.13 bits per heavy atom. The third-order valence-corrected chi connectivity index (χ3v) is 2.53. The first kappa shape index (κ1) is 11.9. The van der Waals surface area contributed by atoms with Gasteiger partial charge in [-0.05, 0) is 19.4 Å². The SMILES string of the molecule is C=C(CC)CN[C@H](C)c1ccccc1F. The highest BCUT2D eigenvalue weighted by Crippen LogP contribution is 2.16. The zero-order chi connectivity index (χ0) is 11.3. The monoisotopic (exact) mass is 207 g/mol. The molecule has 1 rings (SSSR count). The molecule has 0 saturated carbocycles. The maximum atomic E-state index is 13.4. The van der Waals surface area contributed by atoms with Crippen molar-refractivity contribution in [2.75, 3.05) is 6.54 Å². The lowest BCUT2D eigenvalue weighted by Gasteiger charge is -2.15. The van der Waals surface area contributed by atoms with Gasteiger partial charge in [0.15, 0.2) is 0 Å². The summed E-state index contributed by atoms with van der Waals surface area (Å²) < 4.78 is 13.4. The van der Waals surface area contributed by atoms with E-state index in [1.165, 1.54) is 6.07 Å². The second kappa shape index (κ2) is 5.66. The number of halogens is 1. The zero-order valence-corrected chi connectivity index (χ0v) is 9.39. The molecule has 0 spiro atoms. The van der Waals surface area contributed by atoms with Crippen molar-refractivity contribution in [1.29, 1.82) is 0 Å². The lowest BCUT2D eigenvalue weighted by molar-refractivity contribution is 0.543. The van der Waals surface area contributed by atoms with Gasteiger partial charge in [-0.25, -0.2) is 4.39 Å². The Labute approximate surface area is 91.0 Å². The van der Waals surface area contributed by atoms with Gasteiger partial charge in [0.1, 0.15) is 5.82 Å². The van der Waals surface area contributed by atoms with Crippen LogP contribution in [0.3, 0.4) is 0 Å². The third-order valence-electron chi connectivity index (χ3n) is 2.53. The van der Waals surface area contributed by atoms with Gasteiger partial charge < -0.3 is 5.32 Å². The summed E-state index contributed by atoms with van der Waals surface area (Å²) in [4.78, 5) is 0. The predicted octanol–water partition coefficient (Wildman–Crippen LogP) is 3.44. The van der Waals surface area contributed by atoms with Crippen LogP contribution in [0.2, 0.25) is 0 Å². The van der Waals surface area contributed by atoms with Crippen molar-refractivity contribution in [3.8, 4) is 0 Å². The molecule has 15 heavy (non-hydrogen) atoms. The zero-order valence-electron chi connectivity index (χ0n) is 9.39. The normalized spacial score (nSPS) is 12.5. The van der Waals surface area contributed by atoms with E-state index in [9.17, 15) is 4.39 Å². The molecular weight excluding hydrogens is 189 g/mol. The van der Waals surface area contributed by atoms with Crippen molar-refractivity contribution in [3.05, 3.63) is 47.8 Å². The van der Waals surface area contributed by atoms with Crippen LogP contribution in [0.1, 0.15) is 31.9 Å². The first-order chi connectivity index (χ1) is 7.15. The molecule has 0 aliphatic heterocycles. The fourth-order valence-corrected chi connectivity index (χ4v) is 1.36. The second-order valence-corrected chi connectivity index (χ2v) is 3.73. The first-order valence-electron chi connectivity index (χ1n) is 5.29. The molecule has 0 radical (unpaired) electrons. The predicted molar refractivity (Wildman–Crippen MR) is 62.2 cm³/mol. The van der Waals surface area contributed by atoms with Gasteiger partial charge in [-0.15, -0.1) is 0 Å². The van der Waals surface area contributed by atoms with E-state index in [2.05, 4.69) is 18.8 Å². The molecule has 0 unspecified atom stereocenters. The van der Waals surface area contributed by atoms with E-state index in [1.807, 2.05) is 19.1 Å². The second-order valence-electron chi connectivity index (χ2n) is 3.73. The van der Waals surface area contributed by atoms with Crippen LogP contribution in [0.15, 0.2) is 36.4 Å². The van der Waals surface area contributed by atoms with Crippen molar-refractivity contribution < 1.29 is 4.39 Å². The highest BCUT2D eigenvalue weighted by Gasteiger charge is 2.08. The molecule has 1 N–H and O–H groups in total. The maximum Gasteiger partial charge on any atom is 0.127 e. The molecule has 0 amide bonds. The molecule has 1 nitrogen and oxygen atoms in total. The molecule has 0 bridgehead atoms. The van der Waals surface area contributed by atoms with Crippen molar-refractivity contribution in [2.24, 2.45) is 0 Å². The van der Waals surface area contributed by atoms with E-state index in [0.717, 1.165) is 18.5 Å². The molecule has 0 saturated heterocycles. The Morgan fingerprint density at radius 1 is 1.47 bits per heavy atom. The van der Waals surface area contributed by atoms with E-state index in [-0.39, 0.29) is 11.9 Å². The Kier molecular flexibility index (Phi) is 4.50. The molecule has 1 aromatic carbocycles. The molecule has 0 heterocycles. The fourth-order valence-electron chi connectivity index (χ4n) is 1.36. The molecule has 1 atom stereocenters. The summed E-state index contributed by atoms with van der Waals surface area (Å²) in [6.07, 6.45) is 0.955. The van der Waals surface area contributed by atoms with Crippen LogP contribution in [0.25, 0.3) is 0 Å². The van der Waals surface area contributed by atoms with Gasteiger partial charge >= 0.3 is 0 Å². The summed E-state index contributed by atoms with van der Waals surface area (Å²) in [5.41, 5.74) is 1.85. The maximum absolute atomic E-state index is 13.4. The molecular formula is C13H18FN. The number of hydrogen-bond acceptors (Lipinski definition) is 1. The average molecular weight is 207 g/mol. The summed E-state index contributed by atoms with van der Waals surface area (Å²) >= 11 is 0. The Bertz CT molecular complexity index is 333. The Hall–Kier alpha value is -1.15. The summed E-state index contributed by atoms with van der Waals surface area (Å²) in [5.74, 6) is -0.153. The summed E-state index contributed by atoms with van der Waals surface area (Å²) in [5, 5.41) is 3.25. The molecule has 1 aromatic rings. The first-order valence-corrected chi connectivity index (χ1v) is 5.29. The summed E-state index contributed by atoms with van der Waals surface area (Å²) in [6.45, 7) is 8.67. The van der Waals surface area contributed by atoms with Crippen LogP contribution in [-0.4, -0.2) is 6.54 Å². The Morgan fingerprint density at radius 3 is 2.73 bits per heavy atom. The fraction of sp³-hybridized carbons (Fsp3) is 0.385. The van der Waals surface area contributed by atoms with E-state index >= 15 is 0 Å². The van der Waals surface area contributed by atoms with E-state index in [4.69, 9.17) is 0 Å². The smallest absolute Gasteiger partial charge is 0.127 e. The van der Waals surface area contributed by atoms with Gasteiger partial charge in [-0.1, -0.05) is 37.3 Å². The van der Waals surface area contributed by atoms with Crippen molar-refractivity contribution in [2.45, 2.75) is 26.3 Å². The Balaban J connectivity index is 2.57. The molecule has 0 aromatic heterocycles. The molecule has 2 heteroatoms. The standard InChI is InChI=1S/C13H18FN/c1-4-10(2)9-15-11(3)12-7-5-6-8-13(12)14/h5-8,11,15H,2,4,9H2,1,3H3/t11-/m1/s1. The van der Waals surface area contributed by atoms with Crippen LogP contribution in [0.4, 0.5) is 4.39 Å². The molecule has 0 fully saturated rings. The number of nitrogens with one attached hydrogen (secondary N) is 1. The van der Waals surface area contributed by atoms with E-state index < -0.39 is 0 Å². The molecule has 0 aliphatic carbocycles. The summed E-state index contributed by atoms with van der Waals surface area (Å²) in [6, 6.07) is 6.88. The van der Waals surface area contributed by atoms with Crippen LogP contribution in [0, 0.1) is 5.82 Å². The van der Waals surface area contributed by atoms with E-state index in [1.54, 1.807) is 6.07 Å². The van der Waals surface area contributed by atoms with Gasteiger partial charge in [0.05, 0.1) is 0 Å². The minimum atomic E-state index is -0.153. The van der Waals surface area contributed by atoms with Gasteiger partial charge in [0.2, 0.25) is 0 Å². The quantitative estimate of drug-likeness (QED) is 0.729. The van der Waals surface area contributed by atoms with Gasteiger partial charge in [0, 0.05) is 18.2 Å². The van der Waals surface area contributed by atoms with Gasteiger partial charge in [-0.3, -0.25) is 0 Å². The van der Waals surface area contributed by atoms with Crippen LogP contribution in [0.5, 0.6) is 0 Å². The molecule has 82 valence electrons. The van der Waals surface area contributed by atoms with Crippen LogP contribution in [-0.2, 0) is 0 Å². The van der Waals surface area contributed by atoms with Crippen molar-refractivity contribution >= 4 is 0 Å². The number of benzene rings is 1. The number of rotatable bonds is 5. The third kappa shape index (κ3) is 3.48. The lowest BCUT2D eigenvalue weighted by Crippen LogP contribution is -2.21. The van der Waals surface area contributed by atoms with Gasteiger partial charge in [0.25, 0.3) is 0 Å². The summed E-state index contributed by atoms with van der Waals surface area (Å²) in [7, 11) is 0. The lowest BCUT2D eigenvalue weighted by atomic mass is 10.1. The van der Waals surface area contributed by atoms with Gasteiger partial charge in [-0.2, -0.15) is 0 Å². The highest BCUT2D eigenvalue weighted by atomic mass is 19.1. The number of hydrogen-bond donors (Lipinski definition) is 1. The molecule has 0 aliphatic rings. The average Bonchev–Trinajstić information content (AvgIpc) is 2.26.